The van der Waals surface area contributed by atoms with E-state index >= 15 is 0 Å². The summed E-state index contributed by atoms with van der Waals surface area (Å²) in [5.41, 5.74) is 1.67. The normalized spacial score (nSPS) is 33.1. The van der Waals surface area contributed by atoms with Crippen LogP contribution in [0.15, 0.2) is 0 Å². The first-order valence-electron chi connectivity index (χ1n) is 47.5. The lowest BCUT2D eigenvalue weighted by molar-refractivity contribution is -0.219. The Morgan fingerprint density at radius 3 is 0.779 bits per heavy atom. The van der Waals surface area contributed by atoms with E-state index in [9.17, 15) is 28.8 Å². The molecule has 0 aliphatic heterocycles. The molecule has 12 bridgehead atoms. The number of hydrogen-bond donors (Lipinski definition) is 0. The average molecular weight is 1870 g/mol. The molecule has 0 aromatic rings. The Labute approximate surface area is 813 Å². The van der Waals surface area contributed by atoms with Crippen LogP contribution in [0, 0.1) is 134 Å². The Hall–Kier alpha value is -3.42. The van der Waals surface area contributed by atoms with Crippen LogP contribution in [-0.4, -0.2) is 112 Å². The lowest BCUT2D eigenvalue weighted by Gasteiger charge is -2.43. The van der Waals surface area contributed by atoms with Gasteiger partial charge in [0.05, 0.1) is 70.6 Å². The van der Waals surface area contributed by atoms with E-state index in [-0.39, 0.29) is 261 Å². The first-order valence-corrected chi connectivity index (χ1v) is 47.5. The molecule has 18 nitrogen and oxygen atoms in total. The maximum atomic E-state index is 12.2. The molecule has 12 aliphatic rings. The number of carbonyl (C=O) groups is 6. The number of fused-ring (bicyclic) bond motifs is 12. The molecule has 131 heavy (non-hydrogen) atoms. The second-order valence-electron chi connectivity index (χ2n) is 47.2. The van der Waals surface area contributed by atoms with Crippen molar-refractivity contribution in [3.8, 4) is 0 Å². The van der Waals surface area contributed by atoms with Crippen LogP contribution in [0.1, 0.15) is 486 Å². The Kier molecular flexibility index (Phi) is 55.1. The minimum atomic E-state index is -0.469. The first kappa shape index (κ1) is 138. The van der Waals surface area contributed by atoms with Gasteiger partial charge in [-0.25, -0.2) is 0 Å². The Bertz CT molecular complexity index is 3370. The molecule has 786 valence electrons. The highest BCUT2D eigenvalue weighted by Crippen LogP contribution is 2.70. The highest BCUT2D eigenvalue weighted by atomic mass is 16.7. The van der Waals surface area contributed by atoms with E-state index < -0.39 is 28.8 Å². The molecule has 0 heterocycles. The zero-order valence-electron chi connectivity index (χ0n) is 82.5. The molecule has 12 saturated carbocycles. The third kappa shape index (κ3) is 29.2. The fraction of sp³-hybridized carbons (Fsp3) is 0.947. The molecule has 12 fully saturated rings. The minimum Gasteiger partial charge on any atom is -0.438 e. The molecule has 23 unspecified atom stereocenters. The molecule has 0 saturated heterocycles. The van der Waals surface area contributed by atoms with Crippen molar-refractivity contribution in [2.45, 2.75) is 535 Å². The fourth-order valence-electron chi connectivity index (χ4n) is 24.6. The van der Waals surface area contributed by atoms with E-state index in [1.807, 2.05) is 118 Å². The standard InChI is InChI=1S/C18H32O3.3C17H30O3.2C16H28O3.12CH4/c1-8-16(3,4)15(19)21-12(2)20-14-17(5,6)13-9-10-18(14,7)11-13;1-7-15(2,3)14(18)20-11-19-13-16(4,5)12-8-9-17(13,6)10-12;1-7-15(2,3)14(18)20-11-19-13-10-12-8-9-17(13,6)16(12,4)5;1-7-11(2)14(18)19-12(3)20-15-16(4,5)13-8-9-17(15,6)10-13;1-6-11(2)13(17)18-10-19-14-15(3,4)12-7-8-16(14,5)9-12;1-6-11(2)14(17)19-10-18-13-9-12-7-8-16(13,5)15(12,3)4;;;;;;;;;;;;/h12-14H,8-11H2,1-7H3;2*12-13H,7-11H2,1-6H3;11-13,15H,7-10H2,1-6H3;11-12,14H,6-10H2,1-5H3;11-13H,6-10H2,1-5H3;12*1H4. The SMILES string of the molecule is C.C.C.C.C.C.C.C.C.C.C.C.CCC(C)(C)C(=O)OC(C)OC1C2(C)CCC(C2)C1(C)C.CCC(C)(C)C(=O)OCOC1C2(C)CCC(C2)C1(C)C.CCC(C)(C)C(=O)OCOC1CC2CCC1(C)C2(C)C.CCC(C)C(=O)OC(C)OC1C2(C)CCC(C2)C1(C)C.CCC(C)C(=O)OCOC1C2(C)CCC(C2)C1(C)C.CCC(C)C(=O)OCOC1CC2CCC1(C)C2(C)C. The number of carbonyl (C=O) groups excluding carboxylic acids is 6. The van der Waals surface area contributed by atoms with Crippen LogP contribution in [0.25, 0.3) is 0 Å². The number of hydrogen-bond acceptors (Lipinski definition) is 18. The van der Waals surface area contributed by atoms with Crippen molar-refractivity contribution >= 4 is 35.8 Å². The van der Waals surface area contributed by atoms with Crippen LogP contribution in [0.2, 0.25) is 0 Å². The van der Waals surface area contributed by atoms with Crippen molar-refractivity contribution in [1.29, 1.82) is 0 Å². The molecule has 0 N–H and O–H groups in total. The Balaban J connectivity index is -0.000000351. The van der Waals surface area contributed by atoms with Crippen LogP contribution in [0.3, 0.4) is 0 Å². The number of rotatable bonds is 30. The quantitative estimate of drug-likeness (QED) is 0.0371. The molecule has 23 atom stereocenters. The van der Waals surface area contributed by atoms with Crippen molar-refractivity contribution in [3.63, 3.8) is 0 Å². The summed E-state index contributed by atoms with van der Waals surface area (Å²) in [6, 6.07) is 0. The van der Waals surface area contributed by atoms with E-state index in [1.165, 1.54) is 103 Å². The van der Waals surface area contributed by atoms with E-state index in [1.54, 1.807) is 0 Å². The van der Waals surface area contributed by atoms with Gasteiger partial charge in [-0.05, 0) is 310 Å². The molecular weight excluding hydrogens is 1650 g/mol. The molecule has 0 aromatic heterocycles. The van der Waals surface area contributed by atoms with Gasteiger partial charge in [0.1, 0.15) is 0 Å². The van der Waals surface area contributed by atoms with Crippen molar-refractivity contribution in [2.75, 3.05) is 27.2 Å². The lowest BCUT2D eigenvalue weighted by atomic mass is 9.70. The van der Waals surface area contributed by atoms with Gasteiger partial charge in [0.2, 0.25) is 0 Å². The molecule has 12 rings (SSSR count). The first-order chi connectivity index (χ1) is 54.6. The fourth-order valence-corrected chi connectivity index (χ4v) is 24.6. The van der Waals surface area contributed by atoms with Gasteiger partial charge in [0, 0.05) is 0 Å². The molecule has 18 heteroatoms. The summed E-state index contributed by atoms with van der Waals surface area (Å²) in [6.07, 6.45) is 27.6. The van der Waals surface area contributed by atoms with Gasteiger partial charge in [-0.2, -0.15) is 0 Å². The van der Waals surface area contributed by atoms with Gasteiger partial charge in [-0.3, -0.25) is 28.8 Å². The van der Waals surface area contributed by atoms with Crippen molar-refractivity contribution in [2.24, 2.45) is 134 Å². The van der Waals surface area contributed by atoms with E-state index in [4.69, 9.17) is 56.8 Å². The highest BCUT2D eigenvalue weighted by Gasteiger charge is 2.67. The maximum absolute atomic E-state index is 12.2. The van der Waals surface area contributed by atoms with Gasteiger partial charge in [0.25, 0.3) is 0 Å². The van der Waals surface area contributed by atoms with Crippen molar-refractivity contribution < 1.29 is 85.6 Å². The van der Waals surface area contributed by atoms with E-state index in [2.05, 4.69) is 125 Å². The minimum absolute atomic E-state index is 0. The second kappa shape index (κ2) is 52.2. The van der Waals surface area contributed by atoms with Crippen molar-refractivity contribution in [1.82, 2.24) is 0 Å². The average Bonchev–Trinajstić information content (AvgIpc) is 1.52. The Morgan fingerprint density at radius 1 is 0.298 bits per heavy atom. The smallest absolute Gasteiger partial charge is 0.313 e. The predicted molar refractivity (Wildman–Crippen MR) is 551 cm³/mol. The third-order valence-corrected chi connectivity index (χ3v) is 36.3. The number of ether oxygens (including phenoxy) is 12. The maximum Gasteiger partial charge on any atom is 0.313 e. The van der Waals surface area contributed by atoms with Gasteiger partial charge >= 0.3 is 35.8 Å². The van der Waals surface area contributed by atoms with Gasteiger partial charge in [-0.1, -0.05) is 276 Å². The largest absolute Gasteiger partial charge is 0.438 e. The molecule has 12 aliphatic carbocycles. The van der Waals surface area contributed by atoms with Gasteiger partial charge < -0.3 is 56.8 Å². The van der Waals surface area contributed by atoms with Crippen LogP contribution in [0.4, 0.5) is 0 Å². The third-order valence-electron chi connectivity index (χ3n) is 36.3. The van der Waals surface area contributed by atoms with Gasteiger partial charge in [0.15, 0.2) is 39.8 Å². The van der Waals surface area contributed by atoms with Gasteiger partial charge in [-0.15, -0.1) is 0 Å². The zero-order chi connectivity index (χ0) is 90.1. The summed E-state index contributed by atoms with van der Waals surface area (Å²) in [5.74, 6) is 3.46. The van der Waals surface area contributed by atoms with Crippen LogP contribution in [0.5, 0.6) is 0 Å². The molecular formula is C113H226O18. The van der Waals surface area contributed by atoms with E-state index in [0.29, 0.717) is 10.8 Å². The molecule has 0 spiro atoms. The summed E-state index contributed by atoms with van der Waals surface area (Å²) < 4.78 is 68.4. The summed E-state index contributed by atoms with van der Waals surface area (Å²) in [5, 5.41) is 0. The molecule has 0 amide bonds. The monoisotopic (exact) mass is 1870 g/mol. The van der Waals surface area contributed by atoms with Crippen LogP contribution in [-0.2, 0) is 85.6 Å². The second-order valence-corrected chi connectivity index (χ2v) is 47.2. The van der Waals surface area contributed by atoms with Crippen LogP contribution < -0.4 is 0 Å². The molecule has 0 radical (unpaired) electrons. The highest BCUT2D eigenvalue weighted by molar-refractivity contribution is 5.77. The van der Waals surface area contributed by atoms with Crippen molar-refractivity contribution in [3.05, 3.63) is 0 Å². The zero-order valence-corrected chi connectivity index (χ0v) is 82.5. The Morgan fingerprint density at radius 2 is 0.534 bits per heavy atom. The van der Waals surface area contributed by atoms with Crippen LogP contribution >= 0.6 is 0 Å². The summed E-state index contributed by atoms with van der Waals surface area (Å²) in [4.78, 5) is 71.2. The topological polar surface area (TPSA) is 213 Å². The lowest BCUT2D eigenvalue weighted by Crippen LogP contribution is -2.45. The summed E-state index contributed by atoms with van der Waals surface area (Å²) in [7, 11) is 0. The summed E-state index contributed by atoms with van der Waals surface area (Å²) in [6.45, 7) is 75.1. The number of esters is 6. The molecule has 0 aromatic carbocycles. The predicted octanol–water partition coefficient (Wildman–Crippen LogP) is 32.2. The summed E-state index contributed by atoms with van der Waals surface area (Å²) >= 11 is 0. The van der Waals surface area contributed by atoms with E-state index in [0.717, 1.165) is 86.9 Å².